The summed E-state index contributed by atoms with van der Waals surface area (Å²) in [6.07, 6.45) is 8.77. The molecule has 1 heterocycles. The highest BCUT2D eigenvalue weighted by Crippen LogP contribution is 2.33. The number of rotatable bonds is 3. The molecule has 104 valence electrons. The van der Waals surface area contributed by atoms with Crippen LogP contribution >= 0.6 is 0 Å². The number of aromatic amines is 1. The van der Waals surface area contributed by atoms with Gasteiger partial charge >= 0.3 is 5.97 Å². The lowest BCUT2D eigenvalue weighted by Gasteiger charge is -2.25. The van der Waals surface area contributed by atoms with Crippen LogP contribution in [0.2, 0.25) is 0 Å². The molecule has 0 aliphatic heterocycles. The second-order valence-corrected chi connectivity index (χ2v) is 5.56. The van der Waals surface area contributed by atoms with Gasteiger partial charge in [0.15, 0.2) is 0 Å². The van der Waals surface area contributed by atoms with Crippen molar-refractivity contribution in [2.75, 3.05) is 0 Å². The molecule has 1 atom stereocenters. The van der Waals surface area contributed by atoms with Crippen LogP contribution in [0.1, 0.15) is 31.2 Å². The molecule has 2 aromatic rings. The summed E-state index contributed by atoms with van der Waals surface area (Å²) in [5.74, 6) is -0.440. The molecule has 20 heavy (non-hydrogen) atoms. The number of allylic oxidation sites excluding steroid dienone is 1. The minimum atomic E-state index is -0.814. The van der Waals surface area contributed by atoms with Crippen LogP contribution in [0.3, 0.4) is 0 Å². The molecule has 1 aromatic heterocycles. The molecule has 0 radical (unpaired) electrons. The first-order chi connectivity index (χ1) is 9.74. The zero-order valence-electron chi connectivity index (χ0n) is 11.4. The Morgan fingerprint density at radius 1 is 1.35 bits per heavy atom. The van der Waals surface area contributed by atoms with Crippen molar-refractivity contribution in [3.8, 4) is 0 Å². The smallest absolute Gasteiger partial charge is 0.328 e. The lowest BCUT2D eigenvalue weighted by molar-refractivity contribution is -0.131. The first-order valence-electron chi connectivity index (χ1n) is 7.22. The van der Waals surface area contributed by atoms with Gasteiger partial charge in [0.05, 0.1) is 0 Å². The molecule has 2 N–H and O–H groups in total. The summed E-state index contributed by atoms with van der Waals surface area (Å²) >= 11 is 0. The third kappa shape index (κ3) is 2.62. The van der Waals surface area contributed by atoms with Crippen molar-refractivity contribution in [1.29, 1.82) is 0 Å². The Morgan fingerprint density at radius 2 is 2.20 bits per heavy atom. The van der Waals surface area contributed by atoms with Gasteiger partial charge in [0.25, 0.3) is 0 Å². The molecular formula is C17H19NO2. The maximum absolute atomic E-state index is 10.9. The van der Waals surface area contributed by atoms with Gasteiger partial charge in [-0.3, -0.25) is 0 Å². The first-order valence-corrected chi connectivity index (χ1v) is 7.22. The Kier molecular flexibility index (Phi) is 3.59. The highest BCUT2D eigenvalue weighted by molar-refractivity contribution is 5.83. The van der Waals surface area contributed by atoms with E-state index in [9.17, 15) is 4.79 Å². The number of nitrogens with one attached hydrogen (secondary N) is 1. The van der Waals surface area contributed by atoms with E-state index >= 15 is 0 Å². The van der Waals surface area contributed by atoms with E-state index in [2.05, 4.69) is 29.4 Å². The number of para-hydroxylation sites is 1. The lowest BCUT2D eigenvalue weighted by atomic mass is 9.80. The molecule has 1 aliphatic rings. The van der Waals surface area contributed by atoms with Crippen molar-refractivity contribution in [3.63, 3.8) is 0 Å². The quantitative estimate of drug-likeness (QED) is 0.830. The highest BCUT2D eigenvalue weighted by Gasteiger charge is 2.21. The number of H-pyrrole nitrogens is 1. The van der Waals surface area contributed by atoms with Gasteiger partial charge in [-0.2, -0.15) is 0 Å². The van der Waals surface area contributed by atoms with E-state index in [1.165, 1.54) is 23.4 Å². The number of carbonyl (C=O) groups is 1. The van der Waals surface area contributed by atoms with E-state index < -0.39 is 5.97 Å². The first kappa shape index (κ1) is 13.0. The summed E-state index contributed by atoms with van der Waals surface area (Å²) in [6, 6.07) is 8.28. The number of carboxylic acids is 1. The molecule has 1 saturated carbocycles. The number of aromatic nitrogens is 1. The fraction of sp³-hybridized carbons (Fsp3) is 0.353. The number of hydrogen-bond acceptors (Lipinski definition) is 1. The van der Waals surface area contributed by atoms with E-state index in [4.69, 9.17) is 5.11 Å². The topological polar surface area (TPSA) is 53.1 Å². The Bertz CT molecular complexity index is 654. The summed E-state index contributed by atoms with van der Waals surface area (Å²) in [5.41, 5.74) is 3.56. The second kappa shape index (κ2) is 5.53. The largest absolute Gasteiger partial charge is 0.478 e. The van der Waals surface area contributed by atoms with Crippen LogP contribution in [0.25, 0.3) is 10.9 Å². The molecule has 3 heteroatoms. The normalized spacial score (nSPS) is 21.4. The molecule has 3 nitrogen and oxygen atoms in total. The lowest BCUT2D eigenvalue weighted by Crippen LogP contribution is -2.14. The van der Waals surface area contributed by atoms with Crippen molar-refractivity contribution in [2.45, 2.75) is 32.1 Å². The highest BCUT2D eigenvalue weighted by atomic mass is 16.4. The summed E-state index contributed by atoms with van der Waals surface area (Å²) in [6.45, 7) is 0. The van der Waals surface area contributed by atoms with Gasteiger partial charge < -0.3 is 10.1 Å². The van der Waals surface area contributed by atoms with Crippen LogP contribution in [0.4, 0.5) is 0 Å². The molecule has 0 saturated heterocycles. The summed E-state index contributed by atoms with van der Waals surface area (Å²) in [4.78, 5) is 14.2. The van der Waals surface area contributed by atoms with Gasteiger partial charge in [-0.05, 0) is 43.2 Å². The number of benzene rings is 1. The fourth-order valence-electron chi connectivity index (χ4n) is 3.26. The van der Waals surface area contributed by atoms with Crippen LogP contribution in [-0.4, -0.2) is 16.1 Å². The monoisotopic (exact) mass is 269 g/mol. The Balaban J connectivity index is 1.87. The Labute approximate surface area is 118 Å². The Hall–Kier alpha value is -2.03. The molecular weight excluding hydrogens is 250 g/mol. The molecule has 0 amide bonds. The molecule has 3 rings (SSSR count). The van der Waals surface area contributed by atoms with Crippen molar-refractivity contribution in [1.82, 2.24) is 4.98 Å². The number of carboxylic acid groups (broad SMARTS) is 1. The summed E-state index contributed by atoms with van der Waals surface area (Å²) < 4.78 is 0. The van der Waals surface area contributed by atoms with Gasteiger partial charge in [-0.15, -0.1) is 0 Å². The zero-order valence-corrected chi connectivity index (χ0v) is 11.4. The summed E-state index contributed by atoms with van der Waals surface area (Å²) in [5, 5.41) is 10.3. The van der Waals surface area contributed by atoms with Gasteiger partial charge in [0.2, 0.25) is 0 Å². The van der Waals surface area contributed by atoms with Crippen LogP contribution in [0, 0.1) is 5.92 Å². The third-order valence-corrected chi connectivity index (χ3v) is 4.24. The fourth-order valence-corrected chi connectivity index (χ4v) is 3.26. The minimum Gasteiger partial charge on any atom is -0.478 e. The SMILES string of the molecule is O=C(O)/C=C1\CCCCC1Cc1c[nH]c2ccccc12. The molecule has 1 aliphatic carbocycles. The Morgan fingerprint density at radius 3 is 3.05 bits per heavy atom. The van der Waals surface area contributed by atoms with Crippen LogP contribution in [0.15, 0.2) is 42.1 Å². The average molecular weight is 269 g/mol. The number of aliphatic carboxylic acids is 1. The van der Waals surface area contributed by atoms with E-state index in [1.54, 1.807) is 0 Å². The van der Waals surface area contributed by atoms with Gasteiger partial charge in [0.1, 0.15) is 0 Å². The average Bonchev–Trinajstić information content (AvgIpc) is 2.84. The molecule has 1 fully saturated rings. The van der Waals surface area contributed by atoms with Crippen molar-refractivity contribution < 1.29 is 9.90 Å². The van der Waals surface area contributed by atoms with Crippen LogP contribution < -0.4 is 0 Å². The zero-order chi connectivity index (χ0) is 13.9. The summed E-state index contributed by atoms with van der Waals surface area (Å²) in [7, 11) is 0. The molecule has 0 spiro atoms. The van der Waals surface area contributed by atoms with Gasteiger partial charge in [0, 0.05) is 23.2 Å². The predicted octanol–water partition coefficient (Wildman–Crippen LogP) is 3.91. The number of hydrogen-bond donors (Lipinski definition) is 2. The van der Waals surface area contributed by atoms with Gasteiger partial charge in [-0.1, -0.05) is 30.2 Å². The third-order valence-electron chi connectivity index (χ3n) is 4.24. The van der Waals surface area contributed by atoms with Crippen molar-refractivity contribution in [2.24, 2.45) is 5.92 Å². The van der Waals surface area contributed by atoms with Crippen LogP contribution in [-0.2, 0) is 11.2 Å². The molecule has 0 bridgehead atoms. The van der Waals surface area contributed by atoms with Crippen molar-refractivity contribution >= 4 is 16.9 Å². The molecule has 1 unspecified atom stereocenters. The van der Waals surface area contributed by atoms with Crippen molar-refractivity contribution in [3.05, 3.63) is 47.7 Å². The maximum atomic E-state index is 10.9. The standard InChI is InChI=1S/C17H19NO2/c19-17(20)10-13-6-2-1-5-12(13)9-14-11-18-16-8-4-3-7-15(14)16/h3-4,7-8,10-12,18H,1-2,5-6,9H2,(H,19,20)/b13-10+. The van der Waals surface area contributed by atoms with E-state index in [1.807, 2.05) is 6.07 Å². The maximum Gasteiger partial charge on any atom is 0.328 e. The molecule has 1 aromatic carbocycles. The van der Waals surface area contributed by atoms with Gasteiger partial charge in [-0.25, -0.2) is 4.79 Å². The van der Waals surface area contributed by atoms with E-state index in [0.717, 1.165) is 36.8 Å². The van der Waals surface area contributed by atoms with Crippen LogP contribution in [0.5, 0.6) is 0 Å². The van der Waals surface area contributed by atoms with E-state index in [0.29, 0.717) is 5.92 Å². The number of fused-ring (bicyclic) bond motifs is 1. The predicted molar refractivity (Wildman–Crippen MR) is 79.7 cm³/mol. The van der Waals surface area contributed by atoms with E-state index in [-0.39, 0.29) is 0 Å². The minimum absolute atomic E-state index is 0.374. The second-order valence-electron chi connectivity index (χ2n) is 5.56.